The minimum atomic E-state index is -0.250. The van der Waals surface area contributed by atoms with E-state index in [1.54, 1.807) is 6.92 Å². The second-order valence-electron chi connectivity index (χ2n) is 7.67. The van der Waals surface area contributed by atoms with Gasteiger partial charge in [-0.3, -0.25) is 19.3 Å². The maximum absolute atomic E-state index is 12.4. The van der Waals surface area contributed by atoms with Gasteiger partial charge in [-0.25, -0.2) is 0 Å². The third-order valence-corrected chi connectivity index (χ3v) is 6.58. The first-order chi connectivity index (χ1) is 13.9. The predicted molar refractivity (Wildman–Crippen MR) is 105 cm³/mol. The molecular formula is C18H27N5O5S. The number of likely N-dealkylation sites (tertiary alicyclic amines) is 1. The third-order valence-electron chi connectivity index (χ3n) is 5.96. The third kappa shape index (κ3) is 4.41. The van der Waals surface area contributed by atoms with E-state index in [1.165, 1.54) is 0 Å². The lowest BCUT2D eigenvalue weighted by Gasteiger charge is -2.29. The second kappa shape index (κ2) is 9.14. The molecule has 4 rings (SSSR count). The summed E-state index contributed by atoms with van der Waals surface area (Å²) in [5.41, 5.74) is 0.949. The number of fused-ring (bicyclic) bond motifs is 1. The Hall–Kier alpha value is -2.11. The topological polar surface area (TPSA) is 134 Å². The van der Waals surface area contributed by atoms with Gasteiger partial charge in [0, 0.05) is 38.0 Å². The zero-order valence-electron chi connectivity index (χ0n) is 16.6. The average molecular weight is 426 g/mol. The lowest BCUT2D eigenvalue weighted by atomic mass is 9.73. The molecule has 2 bridgehead atoms. The number of carbonyl (C=O) groups is 3. The first-order valence-electron chi connectivity index (χ1n) is 9.76. The summed E-state index contributed by atoms with van der Waals surface area (Å²) >= 11 is 1.06. The van der Waals surface area contributed by atoms with Crippen LogP contribution >= 0.6 is 11.7 Å². The van der Waals surface area contributed by atoms with E-state index in [4.69, 9.17) is 14.6 Å². The van der Waals surface area contributed by atoms with Crippen molar-refractivity contribution < 1.29 is 24.2 Å². The molecule has 2 amide bonds. The second-order valence-corrected chi connectivity index (χ2v) is 8.20. The summed E-state index contributed by atoms with van der Waals surface area (Å²) in [6.07, 6.45) is 2.29. The molecule has 3 aliphatic rings. The standard InChI is InChI=1S/C17H25N5O3S.CH2O2/c1-3-18-14(23)8-22-7-12-11(13-4-5-17(12,9-22)25-13)6-19-16(24)15-10(2)20-26-21-15;2-1-3/h11-13H,3-9H2,1-2H3,(H,18,23)(H,19,24);1H,(H,2,3)/t11-,12+,13+,17+;/m0./s1. The van der Waals surface area contributed by atoms with Crippen LogP contribution in [0.2, 0.25) is 0 Å². The van der Waals surface area contributed by atoms with Crippen LogP contribution in [0.4, 0.5) is 0 Å². The summed E-state index contributed by atoms with van der Waals surface area (Å²) in [5.74, 6) is 0.560. The lowest BCUT2D eigenvalue weighted by Crippen LogP contribution is -2.42. The number of rotatable bonds is 6. The van der Waals surface area contributed by atoms with Gasteiger partial charge in [0.15, 0.2) is 5.69 Å². The van der Waals surface area contributed by atoms with E-state index < -0.39 is 0 Å². The molecule has 3 fully saturated rings. The molecule has 4 atom stereocenters. The monoisotopic (exact) mass is 425 g/mol. The lowest BCUT2D eigenvalue weighted by molar-refractivity contribution is -0.123. The summed E-state index contributed by atoms with van der Waals surface area (Å²) in [7, 11) is 0. The highest BCUT2D eigenvalue weighted by Gasteiger charge is 2.62. The number of hydrogen-bond donors (Lipinski definition) is 3. The van der Waals surface area contributed by atoms with Crippen molar-refractivity contribution in [2.24, 2.45) is 11.8 Å². The maximum Gasteiger partial charge on any atom is 0.290 e. The van der Waals surface area contributed by atoms with E-state index in [2.05, 4.69) is 24.3 Å². The normalized spacial score (nSPS) is 29.7. The smallest absolute Gasteiger partial charge is 0.290 e. The van der Waals surface area contributed by atoms with Crippen molar-refractivity contribution in [2.75, 3.05) is 32.7 Å². The fourth-order valence-corrected chi connectivity index (χ4v) is 5.41. The van der Waals surface area contributed by atoms with Gasteiger partial charge in [-0.1, -0.05) is 0 Å². The van der Waals surface area contributed by atoms with E-state index in [0.717, 1.165) is 37.7 Å². The zero-order chi connectivity index (χ0) is 21.0. The Bertz CT molecular complexity index is 759. The van der Waals surface area contributed by atoms with Crippen LogP contribution in [0.5, 0.6) is 0 Å². The summed E-state index contributed by atoms with van der Waals surface area (Å²) in [4.78, 5) is 34.8. The largest absolute Gasteiger partial charge is 0.483 e. The van der Waals surface area contributed by atoms with Gasteiger partial charge < -0.3 is 20.5 Å². The molecule has 3 aliphatic heterocycles. The first kappa shape index (κ1) is 21.6. The van der Waals surface area contributed by atoms with Crippen LogP contribution in [-0.4, -0.2) is 81.5 Å². The molecule has 1 aromatic rings. The van der Waals surface area contributed by atoms with Crippen molar-refractivity contribution in [1.82, 2.24) is 24.3 Å². The molecule has 3 N–H and O–H groups in total. The van der Waals surface area contributed by atoms with Crippen molar-refractivity contribution in [3.05, 3.63) is 11.4 Å². The molecule has 1 spiro atoms. The van der Waals surface area contributed by atoms with Crippen molar-refractivity contribution in [2.45, 2.75) is 38.4 Å². The predicted octanol–water partition coefficient (Wildman–Crippen LogP) is -0.107. The number of ether oxygens (including phenoxy) is 1. The number of nitrogens with one attached hydrogen (secondary N) is 2. The molecule has 4 heterocycles. The van der Waals surface area contributed by atoms with E-state index in [1.807, 2.05) is 6.92 Å². The van der Waals surface area contributed by atoms with Crippen LogP contribution in [0.15, 0.2) is 0 Å². The number of hydrogen-bond acceptors (Lipinski definition) is 8. The van der Waals surface area contributed by atoms with Crippen molar-refractivity contribution in [3.8, 4) is 0 Å². The SMILES string of the molecule is CCNC(=O)CN1C[C@@H]2[C@H](CNC(=O)c3nsnc3C)[C@H]3CC[C@]2(C1)O3.O=CO. The maximum atomic E-state index is 12.4. The van der Waals surface area contributed by atoms with Crippen molar-refractivity contribution in [3.63, 3.8) is 0 Å². The van der Waals surface area contributed by atoms with Crippen LogP contribution in [-0.2, 0) is 14.3 Å². The molecule has 0 radical (unpaired) electrons. The van der Waals surface area contributed by atoms with E-state index >= 15 is 0 Å². The van der Waals surface area contributed by atoms with E-state index in [0.29, 0.717) is 42.9 Å². The summed E-state index contributed by atoms with van der Waals surface area (Å²) in [6, 6.07) is 0. The molecule has 10 nitrogen and oxygen atoms in total. The molecule has 3 saturated heterocycles. The molecule has 11 heteroatoms. The summed E-state index contributed by atoms with van der Waals surface area (Å²) in [6.45, 7) is 6.79. The highest BCUT2D eigenvalue weighted by Crippen LogP contribution is 2.54. The van der Waals surface area contributed by atoms with Gasteiger partial charge in [0.2, 0.25) is 5.91 Å². The van der Waals surface area contributed by atoms with Crippen molar-refractivity contribution >= 4 is 30.0 Å². The van der Waals surface area contributed by atoms with Gasteiger partial charge in [-0.05, 0) is 26.7 Å². The van der Waals surface area contributed by atoms with Gasteiger partial charge in [0.1, 0.15) is 0 Å². The number of aromatic nitrogens is 2. The van der Waals surface area contributed by atoms with Crippen LogP contribution in [0.25, 0.3) is 0 Å². The Balaban J connectivity index is 0.000000755. The van der Waals surface area contributed by atoms with Crippen LogP contribution < -0.4 is 10.6 Å². The molecular weight excluding hydrogens is 398 g/mol. The molecule has 0 saturated carbocycles. The molecule has 0 aromatic carbocycles. The fraction of sp³-hybridized carbons (Fsp3) is 0.722. The number of nitrogens with zero attached hydrogens (tertiary/aromatic N) is 3. The molecule has 29 heavy (non-hydrogen) atoms. The number of amides is 2. The Labute approximate surface area is 173 Å². The summed E-state index contributed by atoms with van der Waals surface area (Å²) < 4.78 is 14.5. The Kier molecular flexibility index (Phi) is 6.81. The van der Waals surface area contributed by atoms with Crippen LogP contribution in [0.3, 0.4) is 0 Å². The van der Waals surface area contributed by atoms with Gasteiger partial charge in [-0.2, -0.15) is 8.75 Å². The Morgan fingerprint density at radius 2 is 2.17 bits per heavy atom. The number of carboxylic acid groups (broad SMARTS) is 1. The van der Waals surface area contributed by atoms with Crippen LogP contribution in [0, 0.1) is 18.8 Å². The van der Waals surface area contributed by atoms with Gasteiger partial charge in [0.05, 0.1) is 35.7 Å². The minimum absolute atomic E-state index is 0.0646. The highest BCUT2D eigenvalue weighted by molar-refractivity contribution is 6.99. The molecule has 0 aliphatic carbocycles. The Morgan fingerprint density at radius 1 is 1.41 bits per heavy atom. The zero-order valence-corrected chi connectivity index (χ0v) is 17.4. The quantitative estimate of drug-likeness (QED) is 0.538. The number of likely N-dealkylation sites (N-methyl/N-ethyl adjacent to an activating group) is 1. The fourth-order valence-electron chi connectivity index (χ4n) is 4.87. The summed E-state index contributed by atoms with van der Waals surface area (Å²) in [5, 5.41) is 12.8. The molecule has 0 unspecified atom stereocenters. The van der Waals surface area contributed by atoms with Crippen LogP contribution in [0.1, 0.15) is 35.9 Å². The highest BCUT2D eigenvalue weighted by atomic mass is 32.1. The van der Waals surface area contributed by atoms with Crippen molar-refractivity contribution in [1.29, 1.82) is 0 Å². The number of aryl methyl sites for hydroxylation is 1. The Morgan fingerprint density at radius 3 is 2.83 bits per heavy atom. The first-order valence-corrected chi connectivity index (χ1v) is 10.5. The minimum Gasteiger partial charge on any atom is -0.483 e. The molecule has 160 valence electrons. The van der Waals surface area contributed by atoms with Gasteiger partial charge in [0.25, 0.3) is 12.4 Å². The van der Waals surface area contributed by atoms with Gasteiger partial charge >= 0.3 is 0 Å². The van der Waals surface area contributed by atoms with Gasteiger partial charge in [-0.15, -0.1) is 0 Å². The number of carbonyl (C=O) groups excluding carboxylic acids is 2. The average Bonchev–Trinajstić information content (AvgIpc) is 3.40. The van der Waals surface area contributed by atoms with E-state index in [-0.39, 0.29) is 30.0 Å². The van der Waals surface area contributed by atoms with E-state index in [9.17, 15) is 9.59 Å². The molecule has 1 aromatic heterocycles.